The molecular formula is C16H17N3OS. The van der Waals surface area contributed by atoms with Crippen molar-refractivity contribution in [2.45, 2.75) is 27.3 Å². The van der Waals surface area contributed by atoms with Gasteiger partial charge in [-0.05, 0) is 32.9 Å². The molecular weight excluding hydrogens is 282 g/mol. The highest BCUT2D eigenvalue weighted by Crippen LogP contribution is 2.23. The first-order valence-electron chi connectivity index (χ1n) is 6.81. The molecule has 0 fully saturated rings. The lowest BCUT2D eigenvalue weighted by molar-refractivity contribution is 0.392. The van der Waals surface area contributed by atoms with Crippen LogP contribution < -0.4 is 5.32 Å². The normalized spacial score (nSPS) is 10.8. The highest BCUT2D eigenvalue weighted by atomic mass is 32.1. The molecule has 0 spiro atoms. The average Bonchev–Trinajstić information content (AvgIpc) is 3.05. The van der Waals surface area contributed by atoms with Gasteiger partial charge in [0.15, 0.2) is 0 Å². The molecule has 0 saturated carbocycles. The first-order valence-corrected chi connectivity index (χ1v) is 7.69. The second-order valence-corrected chi connectivity index (χ2v) is 6.05. The van der Waals surface area contributed by atoms with Crippen molar-refractivity contribution in [1.82, 2.24) is 10.1 Å². The predicted molar refractivity (Wildman–Crippen MR) is 85.6 cm³/mol. The third-order valence-corrected chi connectivity index (χ3v) is 4.22. The Balaban J connectivity index is 1.70. The van der Waals surface area contributed by atoms with Crippen molar-refractivity contribution in [1.29, 1.82) is 0 Å². The zero-order valence-electron chi connectivity index (χ0n) is 12.3. The Morgan fingerprint density at radius 1 is 1.14 bits per heavy atom. The zero-order valence-corrected chi connectivity index (χ0v) is 13.1. The van der Waals surface area contributed by atoms with Crippen LogP contribution in [0.3, 0.4) is 0 Å². The number of anilines is 1. The van der Waals surface area contributed by atoms with Gasteiger partial charge in [-0.25, -0.2) is 4.98 Å². The number of nitrogens with one attached hydrogen (secondary N) is 1. The van der Waals surface area contributed by atoms with Crippen LogP contribution >= 0.6 is 11.3 Å². The summed E-state index contributed by atoms with van der Waals surface area (Å²) in [5, 5.41) is 10.5. The van der Waals surface area contributed by atoms with Crippen LogP contribution in [-0.2, 0) is 6.54 Å². The Hall–Kier alpha value is -2.14. The zero-order chi connectivity index (χ0) is 14.8. The van der Waals surface area contributed by atoms with Crippen LogP contribution in [-0.4, -0.2) is 10.1 Å². The smallest absolute Gasteiger partial charge is 0.138 e. The van der Waals surface area contributed by atoms with Gasteiger partial charge in [0.1, 0.15) is 5.76 Å². The van der Waals surface area contributed by atoms with Crippen LogP contribution in [0.5, 0.6) is 0 Å². The van der Waals surface area contributed by atoms with Crippen LogP contribution in [0.4, 0.5) is 5.69 Å². The molecule has 0 bridgehead atoms. The summed E-state index contributed by atoms with van der Waals surface area (Å²) in [6.07, 6.45) is 0. The van der Waals surface area contributed by atoms with Gasteiger partial charge in [0.2, 0.25) is 0 Å². The molecule has 2 aromatic heterocycles. The molecule has 0 aliphatic rings. The molecule has 0 unspecified atom stereocenters. The molecule has 21 heavy (non-hydrogen) atoms. The van der Waals surface area contributed by atoms with Crippen LogP contribution in [0.25, 0.3) is 11.3 Å². The summed E-state index contributed by atoms with van der Waals surface area (Å²) in [5.41, 5.74) is 5.31. The van der Waals surface area contributed by atoms with E-state index in [9.17, 15) is 0 Å². The van der Waals surface area contributed by atoms with Crippen LogP contribution in [0.1, 0.15) is 22.0 Å². The van der Waals surface area contributed by atoms with Crippen molar-refractivity contribution >= 4 is 17.0 Å². The Labute approximate surface area is 127 Å². The maximum absolute atomic E-state index is 5.17. The first kappa shape index (κ1) is 13.8. The molecule has 1 aromatic carbocycles. The Kier molecular flexibility index (Phi) is 3.75. The third-order valence-electron chi connectivity index (χ3n) is 3.45. The minimum absolute atomic E-state index is 0.719. The number of nitrogens with zero attached hydrogens (tertiary/aromatic N) is 2. The topological polar surface area (TPSA) is 51.0 Å². The second kappa shape index (κ2) is 5.69. The molecule has 0 radical (unpaired) electrons. The number of thiazole rings is 1. The van der Waals surface area contributed by atoms with Gasteiger partial charge in [0.25, 0.3) is 0 Å². The summed E-state index contributed by atoms with van der Waals surface area (Å²) >= 11 is 1.67. The predicted octanol–water partition coefficient (Wildman–Crippen LogP) is 4.34. The summed E-state index contributed by atoms with van der Waals surface area (Å²) in [7, 11) is 0. The highest BCUT2D eigenvalue weighted by molar-refractivity contribution is 7.09. The fourth-order valence-corrected chi connectivity index (χ4v) is 2.82. The Bertz CT molecular complexity index is 724. The molecule has 4 nitrogen and oxygen atoms in total. The SMILES string of the molecule is Cc1nc(-c2ccc(NCc3c(C)noc3C)cc2)cs1. The Morgan fingerprint density at radius 3 is 2.48 bits per heavy atom. The Morgan fingerprint density at radius 2 is 1.90 bits per heavy atom. The van der Waals surface area contributed by atoms with Gasteiger partial charge in [-0.2, -0.15) is 0 Å². The molecule has 3 rings (SSSR count). The van der Waals surface area contributed by atoms with Crippen molar-refractivity contribution in [2.24, 2.45) is 0 Å². The van der Waals surface area contributed by atoms with Gasteiger partial charge in [0.05, 0.1) is 16.4 Å². The number of hydrogen-bond donors (Lipinski definition) is 1. The van der Waals surface area contributed by atoms with E-state index in [2.05, 4.69) is 45.1 Å². The quantitative estimate of drug-likeness (QED) is 0.778. The van der Waals surface area contributed by atoms with Crippen molar-refractivity contribution < 1.29 is 4.52 Å². The summed E-state index contributed by atoms with van der Waals surface area (Å²) in [5.74, 6) is 0.870. The van der Waals surface area contributed by atoms with Gasteiger partial charge < -0.3 is 9.84 Å². The van der Waals surface area contributed by atoms with E-state index in [-0.39, 0.29) is 0 Å². The molecule has 0 atom stereocenters. The third kappa shape index (κ3) is 2.97. The molecule has 5 heteroatoms. The number of hydrogen-bond acceptors (Lipinski definition) is 5. The van der Waals surface area contributed by atoms with Crippen LogP contribution in [0.15, 0.2) is 34.2 Å². The van der Waals surface area contributed by atoms with Gasteiger partial charge >= 0.3 is 0 Å². The number of rotatable bonds is 4. The standard InChI is InChI=1S/C16H17N3OS/c1-10-15(11(2)20-19-10)8-17-14-6-4-13(5-7-14)16-9-21-12(3)18-16/h4-7,9,17H,8H2,1-3H3. The molecule has 2 heterocycles. The van der Waals surface area contributed by atoms with Gasteiger partial charge in [0, 0.05) is 28.7 Å². The van der Waals surface area contributed by atoms with E-state index in [0.717, 1.165) is 45.5 Å². The molecule has 0 amide bonds. The van der Waals surface area contributed by atoms with E-state index >= 15 is 0 Å². The second-order valence-electron chi connectivity index (χ2n) is 4.99. The molecule has 0 aliphatic carbocycles. The van der Waals surface area contributed by atoms with Gasteiger partial charge in [-0.1, -0.05) is 17.3 Å². The van der Waals surface area contributed by atoms with E-state index < -0.39 is 0 Å². The van der Waals surface area contributed by atoms with Gasteiger partial charge in [-0.15, -0.1) is 11.3 Å². The van der Waals surface area contributed by atoms with E-state index in [1.165, 1.54) is 0 Å². The lowest BCUT2D eigenvalue weighted by Gasteiger charge is -2.06. The average molecular weight is 299 g/mol. The highest BCUT2D eigenvalue weighted by Gasteiger charge is 2.08. The van der Waals surface area contributed by atoms with Crippen LogP contribution in [0.2, 0.25) is 0 Å². The van der Waals surface area contributed by atoms with E-state index in [4.69, 9.17) is 4.52 Å². The minimum Gasteiger partial charge on any atom is -0.381 e. The summed E-state index contributed by atoms with van der Waals surface area (Å²) < 4.78 is 5.17. The fourth-order valence-electron chi connectivity index (χ4n) is 2.20. The van der Waals surface area contributed by atoms with Crippen LogP contribution in [0, 0.1) is 20.8 Å². The fraction of sp³-hybridized carbons (Fsp3) is 0.250. The summed E-state index contributed by atoms with van der Waals surface area (Å²) in [6, 6.07) is 8.32. The van der Waals surface area contributed by atoms with Crippen molar-refractivity contribution in [2.75, 3.05) is 5.32 Å². The monoisotopic (exact) mass is 299 g/mol. The van der Waals surface area contributed by atoms with Crippen molar-refractivity contribution in [3.63, 3.8) is 0 Å². The molecule has 1 N–H and O–H groups in total. The lowest BCUT2D eigenvalue weighted by atomic mass is 10.1. The minimum atomic E-state index is 0.719. The number of aromatic nitrogens is 2. The molecule has 0 saturated heterocycles. The van der Waals surface area contributed by atoms with Gasteiger partial charge in [-0.3, -0.25) is 0 Å². The maximum Gasteiger partial charge on any atom is 0.138 e. The number of aryl methyl sites for hydroxylation is 3. The molecule has 3 aromatic rings. The molecule has 108 valence electrons. The summed E-state index contributed by atoms with van der Waals surface area (Å²) in [4.78, 5) is 4.50. The lowest BCUT2D eigenvalue weighted by Crippen LogP contribution is -2.01. The van der Waals surface area contributed by atoms with E-state index in [0.29, 0.717) is 0 Å². The van der Waals surface area contributed by atoms with Crippen molar-refractivity contribution in [3.8, 4) is 11.3 Å². The van der Waals surface area contributed by atoms with E-state index in [1.54, 1.807) is 11.3 Å². The summed E-state index contributed by atoms with van der Waals surface area (Å²) in [6.45, 7) is 6.63. The van der Waals surface area contributed by atoms with E-state index in [1.807, 2.05) is 20.8 Å². The first-order chi connectivity index (χ1) is 10.1. The molecule has 0 aliphatic heterocycles. The number of benzene rings is 1. The van der Waals surface area contributed by atoms with Crippen molar-refractivity contribution in [3.05, 3.63) is 51.7 Å². The largest absolute Gasteiger partial charge is 0.381 e. The maximum atomic E-state index is 5.17.